The summed E-state index contributed by atoms with van der Waals surface area (Å²) in [4.78, 5) is 0. The molecule has 1 aliphatic rings. The standard InChI is InChI=1S/C25H15N3/c1-2-8-17(9-3-1)24-23-18-12-6-10-16-11-7-13-19(22(16)18)25(23)27-21-15-5-4-14-20(21)26-28(24)27/h1-15H. The van der Waals surface area contributed by atoms with Crippen molar-refractivity contribution in [1.29, 1.82) is 0 Å². The molecule has 1 aliphatic carbocycles. The van der Waals surface area contributed by atoms with E-state index in [1.807, 2.05) is 6.07 Å². The monoisotopic (exact) mass is 357 g/mol. The number of para-hydroxylation sites is 1. The molecule has 28 heavy (non-hydrogen) atoms. The van der Waals surface area contributed by atoms with Crippen molar-refractivity contribution in [1.82, 2.24) is 9.61 Å². The van der Waals surface area contributed by atoms with Crippen LogP contribution < -0.4 is 9.73 Å². The third-order valence-corrected chi connectivity index (χ3v) is 5.86. The predicted molar refractivity (Wildman–Crippen MR) is 111 cm³/mol. The summed E-state index contributed by atoms with van der Waals surface area (Å²) in [6, 6.07) is 32.2. The van der Waals surface area contributed by atoms with Gasteiger partial charge in [0.1, 0.15) is 0 Å². The van der Waals surface area contributed by atoms with E-state index in [2.05, 4.69) is 94.1 Å². The zero-order chi connectivity index (χ0) is 18.2. The van der Waals surface area contributed by atoms with Crippen molar-refractivity contribution < 1.29 is 4.63 Å². The molecule has 0 atom stereocenters. The molecule has 7 rings (SSSR count). The van der Waals surface area contributed by atoms with Crippen molar-refractivity contribution >= 4 is 21.8 Å². The number of fused-ring (bicyclic) bond motifs is 7. The fourth-order valence-corrected chi connectivity index (χ4v) is 4.77. The molecule has 3 heteroatoms. The number of nitrogens with zero attached hydrogens (tertiary/aromatic N) is 3. The second kappa shape index (κ2) is 4.90. The van der Waals surface area contributed by atoms with Crippen molar-refractivity contribution in [2.75, 3.05) is 0 Å². The molecule has 0 saturated carbocycles. The maximum atomic E-state index is 4.97. The zero-order valence-corrected chi connectivity index (χ0v) is 15.0. The van der Waals surface area contributed by atoms with Crippen LogP contribution in [0.25, 0.3) is 55.4 Å². The van der Waals surface area contributed by atoms with Crippen LogP contribution in [0.4, 0.5) is 0 Å². The molecular formula is C25H15N3. The van der Waals surface area contributed by atoms with E-state index in [0.29, 0.717) is 0 Å². The average molecular weight is 357 g/mol. The first-order chi connectivity index (χ1) is 13.9. The Kier molecular flexibility index (Phi) is 2.49. The molecule has 2 heterocycles. The summed E-state index contributed by atoms with van der Waals surface area (Å²) >= 11 is 0. The summed E-state index contributed by atoms with van der Waals surface area (Å²) in [5, 5.41) is 7.60. The highest BCUT2D eigenvalue weighted by Crippen LogP contribution is 2.50. The fourth-order valence-electron chi connectivity index (χ4n) is 4.77. The molecular weight excluding hydrogens is 342 g/mol. The van der Waals surface area contributed by atoms with Crippen LogP contribution in [0, 0.1) is 0 Å². The molecule has 0 spiro atoms. The summed E-state index contributed by atoms with van der Waals surface area (Å²) < 4.78 is 4.36. The van der Waals surface area contributed by atoms with E-state index in [4.69, 9.17) is 5.10 Å². The van der Waals surface area contributed by atoms with Gasteiger partial charge >= 0.3 is 0 Å². The van der Waals surface area contributed by atoms with Gasteiger partial charge in [-0.1, -0.05) is 78.9 Å². The van der Waals surface area contributed by atoms with E-state index in [-0.39, 0.29) is 0 Å². The average Bonchev–Trinajstić information content (AvgIpc) is 3.37. The molecule has 0 N–H and O–H groups in total. The smallest absolute Gasteiger partial charge is 0.216 e. The lowest BCUT2D eigenvalue weighted by atomic mass is 10.0. The quantitative estimate of drug-likeness (QED) is 0.375. The van der Waals surface area contributed by atoms with Crippen LogP contribution in [0.2, 0.25) is 0 Å². The van der Waals surface area contributed by atoms with Crippen LogP contribution in [0.1, 0.15) is 0 Å². The molecule has 4 aromatic carbocycles. The molecule has 0 radical (unpaired) electrons. The Morgan fingerprint density at radius 3 is 2.29 bits per heavy atom. The number of benzene rings is 4. The van der Waals surface area contributed by atoms with Gasteiger partial charge in [0.2, 0.25) is 5.69 Å². The molecule has 130 valence electrons. The third kappa shape index (κ3) is 1.58. The Balaban J connectivity index is 1.78. The second-order valence-electron chi connectivity index (χ2n) is 7.34. The first-order valence-electron chi connectivity index (χ1n) is 9.52. The van der Waals surface area contributed by atoms with Gasteiger partial charge in [0.15, 0.2) is 0 Å². The van der Waals surface area contributed by atoms with Crippen molar-refractivity contribution in [3.8, 4) is 33.6 Å². The van der Waals surface area contributed by atoms with Crippen molar-refractivity contribution in [2.45, 2.75) is 0 Å². The number of hydrogen-bond acceptors (Lipinski definition) is 0. The second-order valence-corrected chi connectivity index (χ2v) is 7.34. The topological polar surface area (TPSA) is 22.6 Å². The van der Waals surface area contributed by atoms with Gasteiger partial charge < -0.3 is 0 Å². The van der Waals surface area contributed by atoms with Crippen LogP contribution in [0.15, 0.2) is 91.0 Å². The molecule has 3 nitrogen and oxygen atoms in total. The number of rotatable bonds is 1. The first kappa shape index (κ1) is 14.2. The maximum absolute atomic E-state index is 4.97. The van der Waals surface area contributed by atoms with E-state index < -0.39 is 0 Å². The van der Waals surface area contributed by atoms with Gasteiger partial charge in [-0.25, -0.2) is 4.52 Å². The summed E-state index contributed by atoms with van der Waals surface area (Å²) in [7, 11) is 0. The normalized spacial score (nSPS) is 12.3. The van der Waals surface area contributed by atoms with E-state index in [1.54, 1.807) is 0 Å². The minimum Gasteiger partial charge on any atom is -0.216 e. The highest BCUT2D eigenvalue weighted by Gasteiger charge is 2.33. The van der Waals surface area contributed by atoms with Crippen LogP contribution in [0.3, 0.4) is 0 Å². The minimum absolute atomic E-state index is 1.01. The zero-order valence-electron chi connectivity index (χ0n) is 15.0. The fraction of sp³-hybridized carbons (Fsp3) is 0. The van der Waals surface area contributed by atoms with Crippen molar-refractivity contribution in [2.24, 2.45) is 0 Å². The maximum Gasteiger partial charge on any atom is 0.241 e. The van der Waals surface area contributed by atoms with Crippen LogP contribution >= 0.6 is 0 Å². The molecule has 2 aromatic heterocycles. The molecule has 0 bridgehead atoms. The van der Waals surface area contributed by atoms with E-state index in [0.717, 1.165) is 16.7 Å². The molecule has 0 fully saturated rings. The van der Waals surface area contributed by atoms with Gasteiger partial charge in [-0.15, -0.1) is 4.63 Å². The molecule has 0 saturated heterocycles. The van der Waals surface area contributed by atoms with Gasteiger partial charge in [-0.2, -0.15) is 5.10 Å². The summed E-state index contributed by atoms with van der Waals surface area (Å²) in [6.45, 7) is 0. The Labute approximate surface area is 161 Å². The van der Waals surface area contributed by atoms with Gasteiger partial charge in [0.05, 0.1) is 5.56 Å². The van der Waals surface area contributed by atoms with Gasteiger partial charge in [0, 0.05) is 22.3 Å². The lowest BCUT2D eigenvalue weighted by Crippen LogP contribution is -2.32. The van der Waals surface area contributed by atoms with Gasteiger partial charge in [-0.05, 0) is 34.0 Å². The van der Waals surface area contributed by atoms with Crippen LogP contribution in [0.5, 0.6) is 0 Å². The Morgan fingerprint density at radius 2 is 1.43 bits per heavy atom. The summed E-state index contributed by atoms with van der Waals surface area (Å²) in [6.07, 6.45) is 0. The Bertz CT molecular complexity index is 1550. The first-order valence-corrected chi connectivity index (χ1v) is 9.52. The highest BCUT2D eigenvalue weighted by atomic mass is 15.5. The van der Waals surface area contributed by atoms with Crippen molar-refractivity contribution in [3.63, 3.8) is 0 Å². The number of aromatic nitrogens is 3. The van der Waals surface area contributed by atoms with Crippen molar-refractivity contribution in [3.05, 3.63) is 91.0 Å². The largest absolute Gasteiger partial charge is 0.241 e. The third-order valence-electron chi connectivity index (χ3n) is 5.86. The molecule has 6 aromatic rings. The lowest BCUT2D eigenvalue weighted by Gasteiger charge is -2.04. The number of hydrogen-bond donors (Lipinski definition) is 0. The van der Waals surface area contributed by atoms with E-state index >= 15 is 0 Å². The minimum atomic E-state index is 1.01. The van der Waals surface area contributed by atoms with Crippen LogP contribution in [-0.2, 0) is 0 Å². The van der Waals surface area contributed by atoms with E-state index in [1.165, 1.54) is 38.7 Å². The lowest BCUT2D eigenvalue weighted by molar-refractivity contribution is -0.662. The SMILES string of the molecule is c1ccc(-c2c3c(n4c5ccccc5[n-][n+]24)-c2cccc4cccc-3c24)cc1. The predicted octanol–water partition coefficient (Wildman–Crippen LogP) is 5.10. The molecule has 0 aliphatic heterocycles. The Hall–Kier alpha value is -3.85. The summed E-state index contributed by atoms with van der Waals surface area (Å²) in [5.41, 5.74) is 9.55. The highest BCUT2D eigenvalue weighted by molar-refractivity contribution is 6.16. The summed E-state index contributed by atoms with van der Waals surface area (Å²) in [5.74, 6) is 0. The van der Waals surface area contributed by atoms with Gasteiger partial charge in [0.25, 0.3) is 0 Å². The molecule has 0 unspecified atom stereocenters. The van der Waals surface area contributed by atoms with E-state index in [9.17, 15) is 0 Å². The van der Waals surface area contributed by atoms with Gasteiger partial charge in [-0.3, -0.25) is 0 Å². The Morgan fingerprint density at radius 1 is 0.679 bits per heavy atom. The molecule has 0 amide bonds. The van der Waals surface area contributed by atoms with Crippen LogP contribution in [-0.4, -0.2) is 4.52 Å².